The molecule has 5 heteroatoms. The highest BCUT2D eigenvalue weighted by atomic mass is 19.3. The van der Waals surface area contributed by atoms with Crippen LogP contribution < -0.4 is 0 Å². The van der Waals surface area contributed by atoms with Gasteiger partial charge in [0.2, 0.25) is 0 Å². The number of hydrogen-bond donors (Lipinski definition) is 0. The maximum absolute atomic E-state index is 13.0. The minimum absolute atomic E-state index is 0.352. The first-order chi connectivity index (χ1) is 5.37. The van der Waals surface area contributed by atoms with Crippen LogP contribution in [-0.4, -0.2) is 29.6 Å². The largest absolute Gasteiger partial charge is 0.366 e. The Labute approximate surface area is 69.0 Å². The quantitative estimate of drug-likeness (QED) is 0.589. The smallest absolute Gasteiger partial charge is 0.265 e. The molecule has 0 saturated carbocycles. The van der Waals surface area contributed by atoms with Crippen molar-refractivity contribution in [1.29, 1.82) is 0 Å². The first kappa shape index (κ1) is 9.09. The molecule has 0 saturated heterocycles. The van der Waals surface area contributed by atoms with Crippen LogP contribution in [0.15, 0.2) is 5.10 Å². The van der Waals surface area contributed by atoms with Gasteiger partial charge in [-0.1, -0.05) is 13.8 Å². The fourth-order valence-corrected chi connectivity index (χ4v) is 1.06. The van der Waals surface area contributed by atoms with E-state index in [-0.39, 0.29) is 5.71 Å². The van der Waals surface area contributed by atoms with Crippen molar-refractivity contribution in [3.05, 3.63) is 0 Å². The number of alkyl halides is 2. The summed E-state index contributed by atoms with van der Waals surface area (Å²) in [6.45, 7) is 3.17. The number of carbonyl (C=O) groups excluding carboxylic acids is 1. The van der Waals surface area contributed by atoms with Crippen LogP contribution in [0.25, 0.3) is 0 Å². The highest BCUT2D eigenvalue weighted by molar-refractivity contribution is 6.14. The maximum atomic E-state index is 13.0. The number of hydrogen-bond acceptors (Lipinski definition) is 2. The van der Waals surface area contributed by atoms with E-state index in [9.17, 15) is 13.6 Å². The van der Waals surface area contributed by atoms with Crippen molar-refractivity contribution >= 4 is 11.6 Å². The highest BCUT2D eigenvalue weighted by Gasteiger charge is 2.52. The Kier molecular flexibility index (Phi) is 1.89. The predicted molar refractivity (Wildman–Crippen MR) is 40.0 cm³/mol. The van der Waals surface area contributed by atoms with Crippen LogP contribution in [0.2, 0.25) is 0 Å². The third-order valence-corrected chi connectivity index (χ3v) is 1.69. The molecule has 68 valence electrons. The molecule has 1 aliphatic rings. The van der Waals surface area contributed by atoms with Crippen LogP contribution in [0, 0.1) is 5.92 Å². The highest BCUT2D eigenvalue weighted by Crippen LogP contribution is 2.28. The molecular weight excluding hydrogens is 166 g/mol. The van der Waals surface area contributed by atoms with Gasteiger partial charge in [-0.05, 0) is 0 Å². The monoisotopic (exact) mass is 176 g/mol. The third kappa shape index (κ3) is 1.09. The molecule has 0 aromatic heterocycles. The van der Waals surface area contributed by atoms with Crippen LogP contribution in [-0.2, 0) is 4.79 Å². The lowest BCUT2D eigenvalue weighted by Crippen LogP contribution is -2.38. The van der Waals surface area contributed by atoms with Crippen LogP contribution in [0.4, 0.5) is 8.78 Å². The lowest BCUT2D eigenvalue weighted by molar-refractivity contribution is -0.144. The van der Waals surface area contributed by atoms with Gasteiger partial charge in [-0.3, -0.25) is 4.79 Å². The summed E-state index contributed by atoms with van der Waals surface area (Å²) < 4.78 is 26.0. The van der Waals surface area contributed by atoms with Crippen molar-refractivity contribution in [2.75, 3.05) is 7.05 Å². The Morgan fingerprint density at radius 1 is 1.50 bits per heavy atom. The first-order valence-corrected chi connectivity index (χ1v) is 3.62. The van der Waals surface area contributed by atoms with Crippen molar-refractivity contribution in [2.24, 2.45) is 11.0 Å². The van der Waals surface area contributed by atoms with E-state index in [1.165, 1.54) is 7.05 Å². The fraction of sp³-hybridized carbons (Fsp3) is 0.714. The van der Waals surface area contributed by atoms with E-state index in [2.05, 4.69) is 5.10 Å². The molecule has 0 atom stereocenters. The van der Waals surface area contributed by atoms with Gasteiger partial charge >= 0.3 is 11.8 Å². The lowest BCUT2D eigenvalue weighted by atomic mass is 10.0. The molecule has 0 aromatic rings. The van der Waals surface area contributed by atoms with E-state index < -0.39 is 17.7 Å². The van der Waals surface area contributed by atoms with Crippen LogP contribution in [0.3, 0.4) is 0 Å². The maximum Gasteiger partial charge on any atom is 0.366 e. The summed E-state index contributed by atoms with van der Waals surface area (Å²) in [5.74, 6) is -5.05. The van der Waals surface area contributed by atoms with Gasteiger partial charge in [0.25, 0.3) is 0 Å². The Morgan fingerprint density at radius 3 is 2.17 bits per heavy atom. The Morgan fingerprint density at radius 2 is 2.00 bits per heavy atom. The summed E-state index contributed by atoms with van der Waals surface area (Å²) in [4.78, 5) is 10.8. The molecule has 0 spiro atoms. The zero-order chi connectivity index (χ0) is 9.52. The molecule has 1 heterocycles. The van der Waals surface area contributed by atoms with E-state index in [0.29, 0.717) is 5.01 Å². The molecule has 0 aromatic carbocycles. The van der Waals surface area contributed by atoms with Gasteiger partial charge < -0.3 is 0 Å². The van der Waals surface area contributed by atoms with Crippen molar-refractivity contribution in [1.82, 2.24) is 5.01 Å². The van der Waals surface area contributed by atoms with Gasteiger partial charge in [0, 0.05) is 13.0 Å². The minimum Gasteiger partial charge on any atom is -0.265 e. The third-order valence-electron chi connectivity index (χ3n) is 1.69. The average Bonchev–Trinajstić information content (AvgIpc) is 2.13. The minimum atomic E-state index is -3.40. The van der Waals surface area contributed by atoms with Gasteiger partial charge in [0.1, 0.15) is 5.71 Å². The molecule has 0 fully saturated rings. The zero-order valence-electron chi connectivity index (χ0n) is 7.14. The standard InChI is InChI=1S/C7H10F2N2O/c1-4(2)5-7(8,9)6(12)11(3)10-5/h4H,1-3H3. The summed E-state index contributed by atoms with van der Waals surface area (Å²) in [5.41, 5.74) is -0.352. The van der Waals surface area contributed by atoms with Crippen LogP contribution in [0.5, 0.6) is 0 Å². The second kappa shape index (κ2) is 2.50. The van der Waals surface area contributed by atoms with Gasteiger partial charge in [-0.2, -0.15) is 13.9 Å². The van der Waals surface area contributed by atoms with Crippen LogP contribution in [0.1, 0.15) is 13.8 Å². The Bertz CT molecular complexity index is 248. The van der Waals surface area contributed by atoms with Crippen molar-refractivity contribution < 1.29 is 13.6 Å². The number of rotatable bonds is 1. The molecule has 12 heavy (non-hydrogen) atoms. The average molecular weight is 176 g/mol. The number of hydrazone groups is 1. The summed E-state index contributed by atoms with van der Waals surface area (Å²) in [7, 11) is 1.23. The Hall–Kier alpha value is -1.00. The molecule has 0 bridgehead atoms. The summed E-state index contributed by atoms with van der Waals surface area (Å²) in [6.07, 6.45) is 0. The SMILES string of the molecule is CC(C)C1=NN(C)C(=O)C1(F)F. The van der Waals surface area contributed by atoms with Gasteiger partial charge in [-0.25, -0.2) is 5.01 Å². The van der Waals surface area contributed by atoms with Crippen LogP contribution >= 0.6 is 0 Å². The van der Waals surface area contributed by atoms with E-state index in [0.717, 1.165) is 0 Å². The Balaban J connectivity index is 3.03. The van der Waals surface area contributed by atoms with E-state index in [4.69, 9.17) is 0 Å². The molecule has 0 unspecified atom stereocenters. The molecule has 3 nitrogen and oxygen atoms in total. The van der Waals surface area contributed by atoms with Gasteiger partial charge in [0.05, 0.1) is 0 Å². The van der Waals surface area contributed by atoms with E-state index >= 15 is 0 Å². The molecule has 1 rings (SSSR count). The predicted octanol–water partition coefficient (Wildman–Crippen LogP) is 1.11. The second-order valence-corrected chi connectivity index (χ2v) is 3.04. The first-order valence-electron chi connectivity index (χ1n) is 3.62. The second-order valence-electron chi connectivity index (χ2n) is 3.04. The van der Waals surface area contributed by atoms with E-state index in [1.54, 1.807) is 13.8 Å². The topological polar surface area (TPSA) is 32.7 Å². The van der Waals surface area contributed by atoms with E-state index in [1.807, 2.05) is 0 Å². The number of carbonyl (C=O) groups is 1. The number of halogens is 2. The molecular formula is C7H10F2N2O. The van der Waals surface area contributed by atoms with Gasteiger partial charge in [0.15, 0.2) is 0 Å². The van der Waals surface area contributed by atoms with Crippen molar-refractivity contribution in [3.8, 4) is 0 Å². The zero-order valence-corrected chi connectivity index (χ0v) is 7.14. The lowest BCUT2D eigenvalue weighted by Gasteiger charge is -2.11. The molecule has 0 radical (unpaired) electrons. The summed E-state index contributed by atoms with van der Waals surface area (Å²) in [6, 6.07) is 0. The molecule has 1 amide bonds. The summed E-state index contributed by atoms with van der Waals surface area (Å²) in [5, 5.41) is 4.16. The molecule has 1 aliphatic heterocycles. The normalized spacial score (nSPS) is 22.0. The number of nitrogens with zero attached hydrogens (tertiary/aromatic N) is 2. The van der Waals surface area contributed by atoms with Crippen molar-refractivity contribution in [2.45, 2.75) is 19.8 Å². The fourth-order valence-electron chi connectivity index (χ4n) is 1.06. The van der Waals surface area contributed by atoms with Gasteiger partial charge in [-0.15, -0.1) is 0 Å². The number of amides is 1. The van der Waals surface area contributed by atoms with Crippen molar-refractivity contribution in [3.63, 3.8) is 0 Å². The molecule has 0 N–H and O–H groups in total. The molecule has 0 aliphatic carbocycles. The summed E-state index contributed by atoms with van der Waals surface area (Å²) >= 11 is 0.